The van der Waals surface area contributed by atoms with E-state index in [1.165, 1.54) is 12.1 Å². The SMILES string of the molecule is NC(=NS(=O)(=O)c1ccc(Cl)s1)N1CCOCC1. The van der Waals surface area contributed by atoms with Crippen LogP contribution in [-0.4, -0.2) is 45.6 Å². The third-order valence-corrected chi connectivity index (χ3v) is 5.33. The van der Waals surface area contributed by atoms with E-state index in [1.54, 1.807) is 4.90 Å². The molecule has 2 N–H and O–H groups in total. The molecule has 9 heteroatoms. The Morgan fingerprint density at radius 3 is 2.67 bits per heavy atom. The maximum atomic E-state index is 11.9. The fourth-order valence-corrected chi connectivity index (χ4v) is 3.86. The summed E-state index contributed by atoms with van der Waals surface area (Å²) in [5.74, 6) is -0.0113. The van der Waals surface area contributed by atoms with E-state index in [0.717, 1.165) is 11.3 Å². The lowest BCUT2D eigenvalue weighted by atomic mass is 10.4. The maximum absolute atomic E-state index is 11.9. The predicted octanol–water partition coefficient (Wildman–Crippen LogP) is 0.737. The normalized spacial score (nSPS) is 18.1. The third-order valence-electron chi connectivity index (χ3n) is 2.35. The molecule has 0 atom stereocenters. The zero-order valence-corrected chi connectivity index (χ0v) is 11.8. The zero-order chi connectivity index (χ0) is 13.2. The highest BCUT2D eigenvalue weighted by Crippen LogP contribution is 2.26. The number of thiophene rings is 1. The van der Waals surface area contributed by atoms with Gasteiger partial charge in [0.15, 0.2) is 0 Å². The highest BCUT2D eigenvalue weighted by molar-refractivity contribution is 7.92. The zero-order valence-electron chi connectivity index (χ0n) is 9.37. The number of morpholine rings is 1. The molecular weight excluding hydrogens is 298 g/mol. The molecule has 0 amide bonds. The van der Waals surface area contributed by atoms with Gasteiger partial charge in [0.25, 0.3) is 10.0 Å². The molecule has 2 heterocycles. The summed E-state index contributed by atoms with van der Waals surface area (Å²) in [6, 6.07) is 2.93. The second-order valence-electron chi connectivity index (χ2n) is 3.58. The Balaban J connectivity index is 2.20. The van der Waals surface area contributed by atoms with Crippen LogP contribution in [0.3, 0.4) is 0 Å². The van der Waals surface area contributed by atoms with Crippen LogP contribution in [0.15, 0.2) is 20.7 Å². The van der Waals surface area contributed by atoms with Crippen molar-refractivity contribution in [3.05, 3.63) is 16.5 Å². The number of sulfonamides is 1. The van der Waals surface area contributed by atoms with Gasteiger partial charge in [0.05, 0.1) is 17.6 Å². The van der Waals surface area contributed by atoms with Gasteiger partial charge in [-0.25, -0.2) is 0 Å². The number of ether oxygens (including phenoxy) is 1. The van der Waals surface area contributed by atoms with E-state index in [2.05, 4.69) is 4.40 Å². The van der Waals surface area contributed by atoms with Gasteiger partial charge in [0.1, 0.15) is 4.21 Å². The van der Waals surface area contributed by atoms with Gasteiger partial charge < -0.3 is 15.4 Å². The van der Waals surface area contributed by atoms with Crippen molar-refractivity contribution in [1.82, 2.24) is 4.90 Å². The number of nitrogens with two attached hydrogens (primary N) is 1. The molecule has 2 rings (SSSR count). The first kappa shape index (κ1) is 13.6. The van der Waals surface area contributed by atoms with E-state index < -0.39 is 10.0 Å². The van der Waals surface area contributed by atoms with E-state index in [0.29, 0.717) is 30.6 Å². The lowest BCUT2D eigenvalue weighted by Gasteiger charge is -2.27. The van der Waals surface area contributed by atoms with Crippen molar-refractivity contribution < 1.29 is 13.2 Å². The first-order valence-electron chi connectivity index (χ1n) is 5.17. The Labute approximate surface area is 114 Å². The second-order valence-corrected chi connectivity index (χ2v) is 7.13. The molecule has 0 aliphatic carbocycles. The topological polar surface area (TPSA) is 85.0 Å². The van der Waals surface area contributed by atoms with Crippen LogP contribution in [-0.2, 0) is 14.8 Å². The Morgan fingerprint density at radius 1 is 1.44 bits per heavy atom. The minimum atomic E-state index is -3.77. The van der Waals surface area contributed by atoms with Gasteiger partial charge in [-0.05, 0) is 12.1 Å². The molecule has 1 saturated heterocycles. The Kier molecular flexibility index (Phi) is 4.10. The minimum Gasteiger partial charge on any atom is -0.378 e. The van der Waals surface area contributed by atoms with E-state index in [1.807, 2.05) is 0 Å². The van der Waals surface area contributed by atoms with Gasteiger partial charge >= 0.3 is 0 Å². The molecule has 0 radical (unpaired) electrons. The van der Waals surface area contributed by atoms with E-state index in [4.69, 9.17) is 22.1 Å². The molecule has 0 unspecified atom stereocenters. The third kappa shape index (κ3) is 3.14. The van der Waals surface area contributed by atoms with Gasteiger partial charge in [-0.1, -0.05) is 11.6 Å². The lowest BCUT2D eigenvalue weighted by molar-refractivity contribution is 0.0676. The molecule has 0 spiro atoms. The fraction of sp³-hybridized carbons (Fsp3) is 0.444. The average molecular weight is 310 g/mol. The molecule has 0 aromatic carbocycles. The van der Waals surface area contributed by atoms with Gasteiger partial charge in [-0.3, -0.25) is 0 Å². The standard InChI is InChI=1S/C9H12ClN3O3S2/c10-7-1-2-8(17-7)18(14,15)12-9(11)13-3-5-16-6-4-13/h1-2H,3-6H2,(H2,11,12). The van der Waals surface area contributed by atoms with Crippen molar-refractivity contribution in [3.63, 3.8) is 0 Å². The monoisotopic (exact) mass is 309 g/mol. The smallest absolute Gasteiger partial charge is 0.295 e. The van der Waals surface area contributed by atoms with Crippen LogP contribution < -0.4 is 5.73 Å². The van der Waals surface area contributed by atoms with Crippen LogP contribution in [0.2, 0.25) is 4.34 Å². The number of halogens is 1. The lowest BCUT2D eigenvalue weighted by Crippen LogP contribution is -2.45. The van der Waals surface area contributed by atoms with Gasteiger partial charge in [-0.15, -0.1) is 15.7 Å². The molecule has 1 aliphatic heterocycles. The van der Waals surface area contributed by atoms with Crippen molar-refractivity contribution >= 4 is 38.9 Å². The fourth-order valence-electron chi connectivity index (χ4n) is 1.45. The summed E-state index contributed by atoms with van der Waals surface area (Å²) in [6.45, 7) is 2.11. The molecule has 1 aromatic heterocycles. The molecule has 0 bridgehead atoms. The summed E-state index contributed by atoms with van der Waals surface area (Å²) < 4.78 is 33.1. The van der Waals surface area contributed by atoms with Crippen LogP contribution in [0.5, 0.6) is 0 Å². The van der Waals surface area contributed by atoms with Gasteiger partial charge in [-0.2, -0.15) is 8.42 Å². The van der Waals surface area contributed by atoms with Crippen LogP contribution in [0.1, 0.15) is 0 Å². The first-order chi connectivity index (χ1) is 8.49. The number of hydrogen-bond donors (Lipinski definition) is 1. The van der Waals surface area contributed by atoms with Crippen LogP contribution >= 0.6 is 22.9 Å². The first-order valence-corrected chi connectivity index (χ1v) is 7.81. The number of hydrogen-bond acceptors (Lipinski definition) is 4. The molecule has 100 valence electrons. The van der Waals surface area contributed by atoms with Gasteiger partial charge in [0.2, 0.25) is 5.96 Å². The summed E-state index contributed by atoms with van der Waals surface area (Å²) in [5.41, 5.74) is 5.69. The predicted molar refractivity (Wildman–Crippen MR) is 70.5 cm³/mol. The molecule has 1 aromatic rings. The van der Waals surface area contributed by atoms with Crippen molar-refractivity contribution in [3.8, 4) is 0 Å². The Hall–Kier alpha value is -0.830. The van der Waals surface area contributed by atoms with Crippen molar-refractivity contribution in [2.75, 3.05) is 26.3 Å². The molecular formula is C9H12ClN3O3S2. The maximum Gasteiger partial charge on any atom is 0.295 e. The summed E-state index contributed by atoms with van der Waals surface area (Å²) in [4.78, 5) is 1.68. The molecule has 6 nitrogen and oxygen atoms in total. The summed E-state index contributed by atoms with van der Waals surface area (Å²) >= 11 is 6.65. The molecule has 1 fully saturated rings. The Morgan fingerprint density at radius 2 is 2.11 bits per heavy atom. The van der Waals surface area contributed by atoms with E-state index in [9.17, 15) is 8.42 Å². The summed E-state index contributed by atoms with van der Waals surface area (Å²) in [6.07, 6.45) is 0. The molecule has 18 heavy (non-hydrogen) atoms. The average Bonchev–Trinajstić information content (AvgIpc) is 2.77. The second kappa shape index (κ2) is 5.43. The Bertz CT molecular complexity index is 549. The largest absolute Gasteiger partial charge is 0.378 e. The number of guanidine groups is 1. The number of rotatable bonds is 2. The van der Waals surface area contributed by atoms with Crippen LogP contribution in [0, 0.1) is 0 Å². The molecule has 0 saturated carbocycles. The van der Waals surface area contributed by atoms with Crippen molar-refractivity contribution in [2.24, 2.45) is 10.1 Å². The van der Waals surface area contributed by atoms with Crippen LogP contribution in [0.25, 0.3) is 0 Å². The minimum absolute atomic E-state index is 0.0113. The summed E-state index contributed by atoms with van der Waals surface area (Å²) in [5, 5.41) is 0. The highest BCUT2D eigenvalue weighted by atomic mass is 35.5. The molecule has 1 aliphatic rings. The van der Waals surface area contributed by atoms with Crippen molar-refractivity contribution in [1.29, 1.82) is 0 Å². The van der Waals surface area contributed by atoms with Gasteiger partial charge in [0, 0.05) is 13.1 Å². The van der Waals surface area contributed by atoms with Crippen LogP contribution in [0.4, 0.5) is 0 Å². The number of nitrogens with zero attached hydrogens (tertiary/aromatic N) is 2. The van der Waals surface area contributed by atoms with E-state index in [-0.39, 0.29) is 10.2 Å². The van der Waals surface area contributed by atoms with E-state index >= 15 is 0 Å². The highest BCUT2D eigenvalue weighted by Gasteiger charge is 2.19. The summed E-state index contributed by atoms with van der Waals surface area (Å²) in [7, 11) is -3.77. The van der Waals surface area contributed by atoms with Crippen molar-refractivity contribution in [2.45, 2.75) is 4.21 Å². The quantitative estimate of drug-likeness (QED) is 0.643.